The summed E-state index contributed by atoms with van der Waals surface area (Å²) in [7, 11) is 0. The lowest BCUT2D eigenvalue weighted by Crippen LogP contribution is -2.20. The average molecular weight is 315 g/mol. The van der Waals surface area contributed by atoms with E-state index in [4.69, 9.17) is 9.47 Å². The Kier molecular flexibility index (Phi) is 7.44. The number of nitrogens with one attached hydrogen (secondary N) is 1. The molecule has 0 aliphatic carbocycles. The van der Waals surface area contributed by atoms with Gasteiger partial charge in [-0.15, -0.1) is 0 Å². The molecule has 0 heterocycles. The molecule has 0 saturated heterocycles. The van der Waals surface area contributed by atoms with E-state index in [1.165, 1.54) is 0 Å². The van der Waals surface area contributed by atoms with Crippen LogP contribution < -0.4 is 10.1 Å². The second kappa shape index (κ2) is 9.34. The Labute approximate surface area is 139 Å². The quantitative estimate of drug-likeness (QED) is 0.178. The smallest absolute Gasteiger partial charge is 0.235 e. The van der Waals surface area contributed by atoms with Gasteiger partial charge in [0.15, 0.2) is 0 Å². The lowest BCUT2D eigenvalue weighted by Gasteiger charge is -2.11. The van der Waals surface area contributed by atoms with Crippen molar-refractivity contribution in [3.05, 3.63) is 72.3 Å². The van der Waals surface area contributed by atoms with Crippen LogP contribution >= 0.6 is 0 Å². The second-order valence-electron chi connectivity index (χ2n) is 4.83. The van der Waals surface area contributed by atoms with E-state index in [9.17, 15) is 4.79 Å². The summed E-state index contributed by atoms with van der Waals surface area (Å²) < 4.78 is 10.8. The first-order valence-corrected chi connectivity index (χ1v) is 7.38. The van der Waals surface area contributed by atoms with Gasteiger partial charge in [-0.1, -0.05) is 25.5 Å². The molecular weight excluding hydrogens is 290 g/mol. The third-order valence-corrected chi connectivity index (χ3v) is 3.00. The van der Waals surface area contributed by atoms with Gasteiger partial charge in [-0.25, -0.2) is 0 Å². The van der Waals surface area contributed by atoms with Gasteiger partial charge in [0, 0.05) is 19.2 Å². The number of hydrogen-bond acceptors (Lipinski definition) is 4. The Morgan fingerprint density at radius 1 is 1.30 bits per heavy atom. The first-order valence-electron chi connectivity index (χ1n) is 7.38. The fraction of sp³-hybridized carbons (Fsp3) is 0.263. The van der Waals surface area contributed by atoms with Gasteiger partial charge in [-0.2, -0.15) is 0 Å². The normalized spacial score (nSPS) is 9.48. The molecule has 1 N–H and O–H groups in total. The molecule has 1 aromatic carbocycles. The van der Waals surface area contributed by atoms with Crippen LogP contribution in [0.3, 0.4) is 0 Å². The molecule has 0 atom stereocenters. The zero-order valence-corrected chi connectivity index (χ0v) is 13.8. The highest BCUT2D eigenvalue weighted by molar-refractivity contribution is 6.07. The summed E-state index contributed by atoms with van der Waals surface area (Å²) >= 11 is 0. The predicted molar refractivity (Wildman–Crippen MR) is 94.6 cm³/mol. The maximum atomic E-state index is 12.1. The van der Waals surface area contributed by atoms with Crippen LogP contribution in [0.25, 0.3) is 0 Å². The van der Waals surface area contributed by atoms with E-state index < -0.39 is 0 Å². The van der Waals surface area contributed by atoms with Gasteiger partial charge >= 0.3 is 0 Å². The summed E-state index contributed by atoms with van der Waals surface area (Å²) in [5.41, 5.74) is 4.72. The highest BCUT2D eigenvalue weighted by atomic mass is 16.5. The van der Waals surface area contributed by atoms with Crippen LogP contribution in [0.5, 0.6) is 5.75 Å². The van der Waals surface area contributed by atoms with Crippen molar-refractivity contribution in [2.24, 2.45) is 0 Å². The average Bonchev–Trinajstić information content (AvgIpc) is 2.56. The van der Waals surface area contributed by atoms with E-state index >= 15 is 0 Å². The van der Waals surface area contributed by atoms with Gasteiger partial charge in [-0.05, 0) is 43.7 Å². The third-order valence-electron chi connectivity index (χ3n) is 3.00. The minimum absolute atomic E-state index is 0. The Hall–Kier alpha value is -2.71. The predicted octanol–water partition coefficient (Wildman–Crippen LogP) is 3.88. The summed E-state index contributed by atoms with van der Waals surface area (Å²) in [6, 6.07) is 6.86. The van der Waals surface area contributed by atoms with Crippen molar-refractivity contribution in [1.82, 2.24) is 5.32 Å². The van der Waals surface area contributed by atoms with E-state index in [-0.39, 0.29) is 13.0 Å². The summed E-state index contributed by atoms with van der Waals surface area (Å²) in [5.74, 6) is 0.571. The van der Waals surface area contributed by atoms with Crippen molar-refractivity contribution >= 4 is 5.78 Å². The first kappa shape index (κ1) is 18.3. The van der Waals surface area contributed by atoms with Gasteiger partial charge in [0.05, 0.1) is 6.61 Å². The monoisotopic (exact) mass is 315 g/mol. The Morgan fingerprint density at radius 2 is 1.96 bits per heavy atom. The molecule has 0 radical (unpaired) electrons. The molecule has 23 heavy (non-hydrogen) atoms. The standard InChI is InChI=1S/C19H23NO3.H2/c1-6-18(22-7-2)19(21)16-8-10-17(11-9-16)23-13-12-20-15(5)14(3)4;/h8-11,20H,1,3,5,7,12-13H2,2,4H3;1H. The SMILES string of the molecule is C=C=C(OCC)C(=O)c1ccc(OCCNC(=C)C(=C)C)cc1.[HH]. The number of ether oxygens (including phenoxy) is 2. The molecule has 1 rings (SSSR count). The number of ketones is 1. The van der Waals surface area contributed by atoms with Gasteiger partial charge in [0.1, 0.15) is 12.4 Å². The van der Waals surface area contributed by atoms with Crippen LogP contribution in [-0.4, -0.2) is 25.5 Å². The molecule has 0 unspecified atom stereocenters. The molecule has 0 bridgehead atoms. The molecule has 4 nitrogen and oxygen atoms in total. The Morgan fingerprint density at radius 3 is 2.48 bits per heavy atom. The molecule has 4 heteroatoms. The van der Waals surface area contributed by atoms with Crippen LogP contribution in [0.15, 0.2) is 66.8 Å². The van der Waals surface area contributed by atoms with Crippen LogP contribution in [0.4, 0.5) is 0 Å². The van der Waals surface area contributed by atoms with Gasteiger partial charge in [-0.3, -0.25) is 4.79 Å². The fourth-order valence-electron chi connectivity index (χ4n) is 1.70. The highest BCUT2D eigenvalue weighted by Crippen LogP contribution is 2.15. The van der Waals surface area contributed by atoms with Crippen LogP contribution in [0.2, 0.25) is 0 Å². The number of rotatable bonds is 10. The lowest BCUT2D eigenvalue weighted by atomic mass is 10.1. The Bertz CT molecular complexity index is 629. The molecule has 1 aromatic rings. The fourth-order valence-corrected chi connectivity index (χ4v) is 1.70. The van der Waals surface area contributed by atoms with Crippen molar-refractivity contribution in [3.63, 3.8) is 0 Å². The zero-order valence-electron chi connectivity index (χ0n) is 13.8. The zero-order chi connectivity index (χ0) is 17.2. The van der Waals surface area contributed by atoms with E-state index in [1.807, 2.05) is 6.92 Å². The van der Waals surface area contributed by atoms with Gasteiger partial charge < -0.3 is 14.8 Å². The Balaban J connectivity index is 0.00000529. The maximum absolute atomic E-state index is 12.1. The molecule has 0 saturated carbocycles. The minimum Gasteiger partial charge on any atom is -0.492 e. The van der Waals surface area contributed by atoms with Crippen molar-refractivity contribution < 1.29 is 15.7 Å². The number of carbonyl (C=O) groups is 1. The first-order chi connectivity index (χ1) is 11.0. The van der Waals surface area contributed by atoms with Crippen molar-refractivity contribution in [1.29, 1.82) is 0 Å². The number of benzene rings is 1. The van der Waals surface area contributed by atoms with Crippen LogP contribution in [0.1, 0.15) is 25.6 Å². The molecule has 0 aliphatic heterocycles. The number of carbonyl (C=O) groups excluding carboxylic acids is 1. The van der Waals surface area contributed by atoms with Crippen LogP contribution in [0, 0.1) is 0 Å². The summed E-state index contributed by atoms with van der Waals surface area (Å²) in [4.78, 5) is 12.1. The number of allylic oxidation sites excluding steroid dienone is 2. The molecule has 0 aliphatic rings. The van der Waals surface area contributed by atoms with Crippen LogP contribution in [-0.2, 0) is 4.74 Å². The van der Waals surface area contributed by atoms with Gasteiger partial charge in [0.2, 0.25) is 11.5 Å². The van der Waals surface area contributed by atoms with E-state index in [1.54, 1.807) is 31.2 Å². The molecule has 0 fully saturated rings. The molecule has 124 valence electrons. The second-order valence-corrected chi connectivity index (χ2v) is 4.83. The number of hydrogen-bond donors (Lipinski definition) is 1. The molecular formula is C19H25NO3. The molecule has 0 aromatic heterocycles. The van der Waals surface area contributed by atoms with E-state index in [0.717, 1.165) is 11.3 Å². The lowest BCUT2D eigenvalue weighted by molar-refractivity contribution is 0.0928. The van der Waals surface area contributed by atoms with Crippen molar-refractivity contribution in [3.8, 4) is 5.75 Å². The summed E-state index contributed by atoms with van der Waals surface area (Å²) in [6.07, 6.45) is 0. The summed E-state index contributed by atoms with van der Waals surface area (Å²) in [6.45, 7) is 16.3. The van der Waals surface area contributed by atoms with Gasteiger partial charge in [0.25, 0.3) is 0 Å². The third kappa shape index (κ3) is 5.89. The van der Waals surface area contributed by atoms with E-state index in [0.29, 0.717) is 31.1 Å². The van der Waals surface area contributed by atoms with E-state index in [2.05, 4.69) is 30.8 Å². The maximum Gasteiger partial charge on any atom is 0.235 e. The minimum atomic E-state index is -0.243. The van der Waals surface area contributed by atoms with Crippen molar-refractivity contribution in [2.75, 3.05) is 19.8 Å². The highest BCUT2D eigenvalue weighted by Gasteiger charge is 2.12. The topological polar surface area (TPSA) is 47.6 Å². The summed E-state index contributed by atoms with van der Waals surface area (Å²) in [5, 5.41) is 3.11. The van der Waals surface area contributed by atoms with Crippen molar-refractivity contribution in [2.45, 2.75) is 13.8 Å². The largest absolute Gasteiger partial charge is 0.492 e. The molecule has 0 spiro atoms. The number of Topliss-reactive ketones (excluding diaryl/α,β-unsaturated/α-hetero) is 1. The molecule has 0 amide bonds.